The van der Waals surface area contributed by atoms with Gasteiger partial charge in [0, 0.05) is 5.69 Å². The zero-order chi connectivity index (χ0) is 22.2. The van der Waals surface area contributed by atoms with Crippen LogP contribution in [0.3, 0.4) is 0 Å². The molecule has 0 radical (unpaired) electrons. The van der Waals surface area contributed by atoms with Crippen molar-refractivity contribution in [3.05, 3.63) is 100 Å². The molecule has 0 spiro atoms. The Morgan fingerprint density at radius 2 is 1.58 bits per heavy atom. The van der Waals surface area contributed by atoms with Crippen LogP contribution >= 0.6 is 0 Å². The zero-order valence-electron chi connectivity index (χ0n) is 16.7. The molecule has 3 aromatic rings. The number of aryl methyl sites for hydroxylation is 2. The Balaban J connectivity index is 1.88. The molecule has 0 saturated carbocycles. The van der Waals surface area contributed by atoms with Crippen molar-refractivity contribution in [3.8, 4) is 0 Å². The van der Waals surface area contributed by atoms with Gasteiger partial charge in [0.05, 0.1) is 11.8 Å². The van der Waals surface area contributed by atoms with Gasteiger partial charge in [-0.2, -0.15) is 13.2 Å². The molecule has 0 unspecified atom stereocenters. The highest BCUT2D eigenvalue weighted by Gasteiger charge is 2.31. The molecule has 0 amide bonds. The summed E-state index contributed by atoms with van der Waals surface area (Å²) in [6.07, 6.45) is -0.289. The van der Waals surface area contributed by atoms with E-state index in [2.05, 4.69) is 4.72 Å². The first-order chi connectivity index (χ1) is 14.6. The molecule has 3 aromatic carbocycles. The minimum Gasteiger partial charge on any atom is -0.284 e. The van der Waals surface area contributed by atoms with Gasteiger partial charge in [-0.15, -0.1) is 0 Å². The van der Waals surface area contributed by atoms with Gasteiger partial charge in [-0.3, -0.25) is 4.72 Å². The number of alkyl halides is 3. The summed E-state index contributed by atoms with van der Waals surface area (Å²) in [5.74, 6) is 0. The highest BCUT2D eigenvalue weighted by molar-refractivity contribution is 7.92. The normalized spacial score (nSPS) is 15.2. The first kappa shape index (κ1) is 21.2. The van der Waals surface area contributed by atoms with Gasteiger partial charge in [0.15, 0.2) is 0 Å². The Hall–Kier alpha value is -3.06. The summed E-state index contributed by atoms with van der Waals surface area (Å²) in [4.78, 5) is 0. The lowest BCUT2D eigenvalue weighted by molar-refractivity contribution is -0.137. The van der Waals surface area contributed by atoms with E-state index in [4.69, 9.17) is 0 Å². The van der Waals surface area contributed by atoms with Crippen LogP contribution in [0.1, 0.15) is 33.4 Å². The van der Waals surface area contributed by atoms with Crippen molar-refractivity contribution in [2.24, 2.45) is 0 Å². The Labute approximate surface area is 179 Å². The van der Waals surface area contributed by atoms with Crippen LogP contribution in [0.2, 0.25) is 0 Å². The van der Waals surface area contributed by atoms with E-state index in [0.717, 1.165) is 40.1 Å². The number of anilines is 1. The predicted octanol–water partition coefficient (Wildman–Crippen LogP) is 5.76. The maximum absolute atomic E-state index is 13.3. The van der Waals surface area contributed by atoms with E-state index in [1.54, 1.807) is 18.2 Å². The minimum atomic E-state index is -4.40. The fourth-order valence-corrected chi connectivity index (χ4v) is 4.44. The van der Waals surface area contributed by atoms with Gasteiger partial charge in [-0.25, -0.2) is 8.42 Å². The number of nitrogens with one attached hydrogen (secondary N) is 1. The first-order valence-electron chi connectivity index (χ1n) is 9.68. The molecule has 0 fully saturated rings. The van der Waals surface area contributed by atoms with Gasteiger partial charge in [0.1, 0.15) is 0 Å². The van der Waals surface area contributed by atoms with Gasteiger partial charge >= 0.3 is 6.18 Å². The molecule has 0 atom stereocenters. The van der Waals surface area contributed by atoms with E-state index in [-0.39, 0.29) is 0 Å². The number of rotatable bonds is 3. The zero-order valence-corrected chi connectivity index (χ0v) is 17.5. The Kier molecular flexibility index (Phi) is 5.39. The highest BCUT2D eigenvalue weighted by atomic mass is 32.2. The molecule has 0 aliphatic heterocycles. The lowest BCUT2D eigenvalue weighted by Crippen LogP contribution is -2.09. The SMILES string of the molecule is CS(=O)(=O)Nc1cccc(/C=C2/c3ccccc3CCc3cc(C(F)(F)F)ccc32)c1. The van der Waals surface area contributed by atoms with E-state index >= 15 is 0 Å². The summed E-state index contributed by atoms with van der Waals surface area (Å²) in [5, 5.41) is 0. The minimum absolute atomic E-state index is 0.423. The molecule has 31 heavy (non-hydrogen) atoms. The molecule has 0 saturated heterocycles. The molecule has 4 rings (SSSR count). The maximum Gasteiger partial charge on any atom is 0.416 e. The third kappa shape index (κ3) is 4.82. The van der Waals surface area contributed by atoms with Crippen molar-refractivity contribution >= 4 is 27.4 Å². The van der Waals surface area contributed by atoms with Crippen LogP contribution in [0.15, 0.2) is 66.7 Å². The van der Waals surface area contributed by atoms with Crippen molar-refractivity contribution in [1.29, 1.82) is 0 Å². The Morgan fingerprint density at radius 1 is 0.871 bits per heavy atom. The van der Waals surface area contributed by atoms with Gasteiger partial charge in [0.25, 0.3) is 0 Å². The smallest absolute Gasteiger partial charge is 0.284 e. The van der Waals surface area contributed by atoms with Crippen LogP contribution in [-0.4, -0.2) is 14.7 Å². The van der Waals surface area contributed by atoms with E-state index in [0.29, 0.717) is 24.1 Å². The van der Waals surface area contributed by atoms with Crippen LogP contribution in [0.4, 0.5) is 18.9 Å². The molecule has 1 aliphatic carbocycles. The average Bonchev–Trinajstić information content (AvgIpc) is 2.83. The number of benzene rings is 3. The number of fused-ring (bicyclic) bond motifs is 2. The molecule has 0 aromatic heterocycles. The predicted molar refractivity (Wildman–Crippen MR) is 117 cm³/mol. The van der Waals surface area contributed by atoms with E-state index in [1.807, 2.05) is 36.4 Å². The number of hydrogen-bond acceptors (Lipinski definition) is 2. The molecule has 1 N–H and O–H groups in total. The summed E-state index contributed by atoms with van der Waals surface area (Å²) in [6, 6.07) is 18.6. The van der Waals surface area contributed by atoms with Crippen molar-refractivity contribution in [2.75, 3.05) is 11.0 Å². The van der Waals surface area contributed by atoms with E-state index in [9.17, 15) is 21.6 Å². The Morgan fingerprint density at radius 3 is 2.32 bits per heavy atom. The van der Waals surface area contributed by atoms with Crippen molar-refractivity contribution in [3.63, 3.8) is 0 Å². The number of sulfonamides is 1. The quantitative estimate of drug-likeness (QED) is 0.559. The summed E-state index contributed by atoms with van der Waals surface area (Å²) in [6.45, 7) is 0. The lowest BCUT2D eigenvalue weighted by Gasteiger charge is -2.15. The third-order valence-electron chi connectivity index (χ3n) is 5.19. The largest absolute Gasteiger partial charge is 0.416 e. The molecule has 0 heterocycles. The summed E-state index contributed by atoms with van der Waals surface area (Å²) >= 11 is 0. The lowest BCUT2D eigenvalue weighted by atomic mass is 9.91. The first-order valence-corrected chi connectivity index (χ1v) is 11.6. The van der Waals surface area contributed by atoms with Crippen LogP contribution in [0.5, 0.6) is 0 Å². The fraction of sp³-hybridized carbons (Fsp3) is 0.167. The van der Waals surface area contributed by atoms with Crippen molar-refractivity contribution < 1.29 is 21.6 Å². The third-order valence-corrected chi connectivity index (χ3v) is 5.80. The molecular formula is C24H20F3NO2S. The molecule has 1 aliphatic rings. The molecule has 0 bridgehead atoms. The van der Waals surface area contributed by atoms with Gasteiger partial charge in [-0.05, 0) is 76.6 Å². The van der Waals surface area contributed by atoms with Gasteiger partial charge < -0.3 is 0 Å². The molecular weight excluding hydrogens is 423 g/mol. The topological polar surface area (TPSA) is 46.2 Å². The molecule has 3 nitrogen and oxygen atoms in total. The van der Waals surface area contributed by atoms with Crippen LogP contribution in [0.25, 0.3) is 11.6 Å². The number of hydrogen-bond donors (Lipinski definition) is 1. The summed E-state index contributed by atoms with van der Waals surface area (Å²) in [5.41, 5.74) is 4.73. The average molecular weight is 443 g/mol. The van der Waals surface area contributed by atoms with E-state index < -0.39 is 21.8 Å². The van der Waals surface area contributed by atoms with Gasteiger partial charge in [-0.1, -0.05) is 42.5 Å². The molecule has 7 heteroatoms. The number of halogens is 3. The standard InChI is InChI=1S/C24H20F3NO2S/c1-31(29,30)28-20-7-4-5-16(13-20)14-23-21-8-3-2-6-17(21)9-10-18-15-19(24(25,26)27)11-12-22(18)23/h2-8,11-15,28H,9-10H2,1H3/b23-14-. The van der Waals surface area contributed by atoms with Crippen LogP contribution in [-0.2, 0) is 29.0 Å². The summed E-state index contributed by atoms with van der Waals surface area (Å²) < 4.78 is 65.4. The highest BCUT2D eigenvalue weighted by Crippen LogP contribution is 2.38. The second-order valence-corrected chi connectivity index (χ2v) is 9.33. The Bertz CT molecular complexity index is 1280. The van der Waals surface area contributed by atoms with Crippen LogP contribution in [0, 0.1) is 0 Å². The molecule has 160 valence electrons. The van der Waals surface area contributed by atoms with Crippen molar-refractivity contribution in [1.82, 2.24) is 0 Å². The fourth-order valence-electron chi connectivity index (χ4n) is 3.88. The second kappa shape index (κ2) is 7.89. The van der Waals surface area contributed by atoms with Gasteiger partial charge in [0.2, 0.25) is 10.0 Å². The van der Waals surface area contributed by atoms with Crippen molar-refractivity contribution in [2.45, 2.75) is 19.0 Å². The summed E-state index contributed by atoms with van der Waals surface area (Å²) in [7, 11) is -3.43. The monoisotopic (exact) mass is 443 g/mol. The van der Waals surface area contributed by atoms with E-state index in [1.165, 1.54) is 12.1 Å². The second-order valence-electron chi connectivity index (χ2n) is 7.58. The maximum atomic E-state index is 13.3. The van der Waals surface area contributed by atoms with Crippen LogP contribution < -0.4 is 4.72 Å².